The number of aromatic nitrogens is 1. The molecule has 0 aromatic carbocycles. The van der Waals surface area contributed by atoms with Crippen molar-refractivity contribution in [3.63, 3.8) is 0 Å². The quantitative estimate of drug-likeness (QED) is 0.749. The molecule has 1 aromatic heterocycles. The summed E-state index contributed by atoms with van der Waals surface area (Å²) in [5.74, 6) is 1.47. The average molecular weight is 280 g/mol. The summed E-state index contributed by atoms with van der Waals surface area (Å²) in [6, 6.07) is 4.10. The fraction of sp³-hybridized carbons (Fsp3) is 0.571. The first-order chi connectivity index (χ1) is 8.88. The van der Waals surface area contributed by atoms with Gasteiger partial charge in [-0.3, -0.25) is 0 Å². The molecule has 0 aliphatic heterocycles. The number of nitrogens with two attached hydrogens (primary N) is 1. The number of hydrogen-bond acceptors (Lipinski definition) is 4. The monoisotopic (exact) mass is 280 g/mol. The molecule has 4 nitrogen and oxygen atoms in total. The zero-order valence-corrected chi connectivity index (χ0v) is 13.0. The van der Waals surface area contributed by atoms with E-state index in [0.717, 1.165) is 24.3 Å². The predicted molar refractivity (Wildman–Crippen MR) is 85.5 cm³/mol. The summed E-state index contributed by atoms with van der Waals surface area (Å²) in [6.45, 7) is 5.42. The van der Waals surface area contributed by atoms with E-state index in [0.29, 0.717) is 16.9 Å². The second-order valence-corrected chi connectivity index (χ2v) is 5.97. The van der Waals surface area contributed by atoms with Crippen molar-refractivity contribution in [2.45, 2.75) is 26.3 Å². The van der Waals surface area contributed by atoms with Crippen LogP contribution >= 0.6 is 12.2 Å². The Kier molecular flexibility index (Phi) is 6.18. The Morgan fingerprint density at radius 3 is 2.68 bits per heavy atom. The van der Waals surface area contributed by atoms with Gasteiger partial charge in [-0.2, -0.15) is 0 Å². The molecule has 0 fully saturated rings. The topological polar surface area (TPSA) is 54.2 Å². The molecule has 0 radical (unpaired) electrons. The van der Waals surface area contributed by atoms with Crippen LogP contribution in [0, 0.1) is 5.92 Å². The van der Waals surface area contributed by atoms with Crippen molar-refractivity contribution in [2.75, 3.05) is 26.0 Å². The number of anilines is 1. The molecule has 1 heterocycles. The van der Waals surface area contributed by atoms with Gasteiger partial charge in [-0.15, -0.1) is 0 Å². The lowest BCUT2D eigenvalue weighted by atomic mass is 10.0. The Bertz CT molecular complexity index is 408. The predicted octanol–water partition coefficient (Wildman–Crippen LogP) is 2.10. The zero-order chi connectivity index (χ0) is 14.4. The van der Waals surface area contributed by atoms with E-state index in [1.54, 1.807) is 6.20 Å². The largest absolute Gasteiger partial charge is 0.389 e. The van der Waals surface area contributed by atoms with Crippen LogP contribution in [0.5, 0.6) is 0 Å². The molecule has 1 aromatic rings. The van der Waals surface area contributed by atoms with Crippen LogP contribution in [0.3, 0.4) is 0 Å². The molecule has 0 saturated heterocycles. The van der Waals surface area contributed by atoms with Gasteiger partial charge >= 0.3 is 0 Å². The third kappa shape index (κ3) is 5.98. The van der Waals surface area contributed by atoms with Crippen molar-refractivity contribution in [3.8, 4) is 0 Å². The van der Waals surface area contributed by atoms with Gasteiger partial charge in [0.15, 0.2) is 0 Å². The van der Waals surface area contributed by atoms with Crippen LogP contribution in [0.25, 0.3) is 0 Å². The molecule has 0 amide bonds. The number of nitrogens with one attached hydrogen (secondary N) is 1. The fourth-order valence-electron chi connectivity index (χ4n) is 2.06. The molecule has 5 heteroatoms. The van der Waals surface area contributed by atoms with E-state index in [4.69, 9.17) is 18.0 Å². The van der Waals surface area contributed by atoms with Crippen LogP contribution in [0.2, 0.25) is 0 Å². The second-order valence-electron chi connectivity index (χ2n) is 5.53. The van der Waals surface area contributed by atoms with Crippen molar-refractivity contribution in [2.24, 2.45) is 11.7 Å². The highest BCUT2D eigenvalue weighted by Gasteiger charge is 2.13. The van der Waals surface area contributed by atoms with E-state index in [1.165, 1.54) is 0 Å². The van der Waals surface area contributed by atoms with Gasteiger partial charge in [0, 0.05) is 24.3 Å². The molecule has 0 saturated carbocycles. The summed E-state index contributed by atoms with van der Waals surface area (Å²) < 4.78 is 0. The normalized spacial score (nSPS) is 12.7. The summed E-state index contributed by atoms with van der Waals surface area (Å²) in [5.41, 5.74) is 6.49. The summed E-state index contributed by atoms with van der Waals surface area (Å²) in [7, 11) is 4.15. The molecule has 106 valence electrons. The third-order valence-electron chi connectivity index (χ3n) is 2.74. The van der Waals surface area contributed by atoms with E-state index in [9.17, 15) is 0 Å². The molecule has 19 heavy (non-hydrogen) atoms. The summed E-state index contributed by atoms with van der Waals surface area (Å²) in [5, 5.41) is 3.47. The Labute approximate surface area is 121 Å². The fourth-order valence-corrected chi connectivity index (χ4v) is 2.19. The molecular formula is C14H24N4S. The second kappa shape index (κ2) is 7.40. The van der Waals surface area contributed by atoms with E-state index in [2.05, 4.69) is 43.1 Å². The number of hydrogen-bond donors (Lipinski definition) is 2. The number of likely N-dealkylation sites (N-methyl/N-ethyl adjacent to an activating group) is 1. The van der Waals surface area contributed by atoms with Crippen LogP contribution in [-0.4, -0.2) is 41.6 Å². The summed E-state index contributed by atoms with van der Waals surface area (Å²) in [6.07, 6.45) is 2.83. The standard InChI is InChI=1S/C14H24N4S/c1-10(2)7-12(9-18(3)4)17-13-8-11(14(15)19)5-6-16-13/h5-6,8,10,12H,7,9H2,1-4H3,(H2,15,19)(H,16,17). The van der Waals surface area contributed by atoms with Crippen molar-refractivity contribution in [1.82, 2.24) is 9.88 Å². The first-order valence-corrected chi connectivity index (χ1v) is 6.96. The number of rotatable bonds is 7. The maximum atomic E-state index is 5.64. The first kappa shape index (κ1) is 15.9. The Hall–Kier alpha value is -1.20. The van der Waals surface area contributed by atoms with Crippen LogP contribution in [0.1, 0.15) is 25.8 Å². The van der Waals surface area contributed by atoms with Gasteiger partial charge in [0.1, 0.15) is 10.8 Å². The van der Waals surface area contributed by atoms with E-state index in [1.807, 2.05) is 12.1 Å². The Morgan fingerprint density at radius 2 is 2.16 bits per heavy atom. The molecule has 3 N–H and O–H groups in total. The molecule has 0 bridgehead atoms. The van der Waals surface area contributed by atoms with Crippen molar-refractivity contribution >= 4 is 23.0 Å². The molecule has 1 rings (SSSR count). The van der Waals surface area contributed by atoms with Gasteiger partial charge in [0.25, 0.3) is 0 Å². The lowest BCUT2D eigenvalue weighted by Gasteiger charge is -2.24. The highest BCUT2D eigenvalue weighted by molar-refractivity contribution is 7.80. The minimum atomic E-state index is 0.365. The first-order valence-electron chi connectivity index (χ1n) is 6.55. The maximum absolute atomic E-state index is 5.64. The Balaban J connectivity index is 2.77. The minimum absolute atomic E-state index is 0.365. The molecule has 0 aliphatic rings. The van der Waals surface area contributed by atoms with E-state index in [-0.39, 0.29) is 0 Å². The van der Waals surface area contributed by atoms with Crippen LogP contribution in [0.15, 0.2) is 18.3 Å². The van der Waals surface area contributed by atoms with Crippen molar-refractivity contribution in [3.05, 3.63) is 23.9 Å². The zero-order valence-electron chi connectivity index (χ0n) is 12.2. The van der Waals surface area contributed by atoms with Gasteiger partial charge in [0.05, 0.1) is 0 Å². The lowest BCUT2D eigenvalue weighted by Crippen LogP contribution is -2.33. The molecular weight excluding hydrogens is 256 g/mol. The SMILES string of the molecule is CC(C)CC(CN(C)C)Nc1cc(C(N)=S)ccn1. The lowest BCUT2D eigenvalue weighted by molar-refractivity contribution is 0.356. The summed E-state index contributed by atoms with van der Waals surface area (Å²) in [4.78, 5) is 6.91. The highest BCUT2D eigenvalue weighted by atomic mass is 32.1. The van der Waals surface area contributed by atoms with E-state index < -0.39 is 0 Å². The number of nitrogens with zero attached hydrogens (tertiary/aromatic N) is 2. The van der Waals surface area contributed by atoms with Gasteiger partial charge in [-0.1, -0.05) is 26.1 Å². The maximum Gasteiger partial charge on any atom is 0.126 e. The average Bonchev–Trinajstić information content (AvgIpc) is 2.27. The van der Waals surface area contributed by atoms with Crippen LogP contribution in [-0.2, 0) is 0 Å². The molecule has 1 atom stereocenters. The van der Waals surface area contributed by atoms with Gasteiger partial charge in [0.2, 0.25) is 0 Å². The third-order valence-corrected chi connectivity index (χ3v) is 2.97. The molecule has 1 unspecified atom stereocenters. The molecule has 0 spiro atoms. The summed E-state index contributed by atoms with van der Waals surface area (Å²) >= 11 is 4.99. The van der Waals surface area contributed by atoms with Gasteiger partial charge < -0.3 is 16.0 Å². The Morgan fingerprint density at radius 1 is 1.47 bits per heavy atom. The van der Waals surface area contributed by atoms with E-state index >= 15 is 0 Å². The molecule has 0 aliphatic carbocycles. The smallest absolute Gasteiger partial charge is 0.126 e. The highest BCUT2D eigenvalue weighted by Crippen LogP contribution is 2.13. The van der Waals surface area contributed by atoms with Crippen molar-refractivity contribution < 1.29 is 0 Å². The van der Waals surface area contributed by atoms with Crippen LogP contribution in [0.4, 0.5) is 5.82 Å². The van der Waals surface area contributed by atoms with Gasteiger partial charge in [-0.05, 0) is 38.6 Å². The number of pyridine rings is 1. The van der Waals surface area contributed by atoms with Crippen molar-refractivity contribution in [1.29, 1.82) is 0 Å². The minimum Gasteiger partial charge on any atom is -0.389 e. The van der Waals surface area contributed by atoms with Gasteiger partial charge in [-0.25, -0.2) is 4.98 Å². The number of thiocarbonyl (C=S) groups is 1. The van der Waals surface area contributed by atoms with Crippen LogP contribution < -0.4 is 11.1 Å².